The maximum atomic E-state index is 10.8. The fraction of sp³-hybridized carbons (Fsp3) is 0.357. The van der Waals surface area contributed by atoms with Crippen molar-refractivity contribution < 1.29 is 9.53 Å². The summed E-state index contributed by atoms with van der Waals surface area (Å²) in [4.78, 5) is 14.8. The first-order valence-electron chi connectivity index (χ1n) is 5.79. The quantitative estimate of drug-likeness (QED) is 0.477. The third kappa shape index (κ3) is 1.96. The Labute approximate surface area is 111 Å². The maximum Gasteiger partial charge on any atom is 0.236 e. The van der Waals surface area contributed by atoms with Crippen molar-refractivity contribution in [2.45, 2.75) is 23.8 Å². The van der Waals surface area contributed by atoms with E-state index in [1.807, 2.05) is 36.4 Å². The van der Waals surface area contributed by atoms with Crippen LogP contribution in [-0.2, 0) is 15.1 Å². The Morgan fingerprint density at radius 3 is 2.78 bits per heavy atom. The summed E-state index contributed by atoms with van der Waals surface area (Å²) in [6.07, 6.45) is 5.14. The highest BCUT2D eigenvalue weighted by Gasteiger charge is 2.46. The van der Waals surface area contributed by atoms with Gasteiger partial charge in [0.1, 0.15) is 5.76 Å². The van der Waals surface area contributed by atoms with E-state index >= 15 is 0 Å². The number of isocyanates is 1. The molecule has 1 aromatic carbocycles. The van der Waals surface area contributed by atoms with Crippen LogP contribution in [0.4, 0.5) is 0 Å². The lowest BCUT2D eigenvalue weighted by atomic mass is 9.79. The molecule has 0 spiro atoms. The van der Waals surface area contributed by atoms with Crippen LogP contribution >= 0.6 is 11.6 Å². The number of benzene rings is 1. The van der Waals surface area contributed by atoms with E-state index in [9.17, 15) is 4.79 Å². The zero-order valence-corrected chi connectivity index (χ0v) is 10.9. The van der Waals surface area contributed by atoms with E-state index < -0.39 is 5.54 Å². The lowest BCUT2D eigenvalue weighted by Gasteiger charge is -2.37. The Morgan fingerprint density at radius 1 is 1.44 bits per heavy atom. The Hall–Kier alpha value is -1.57. The molecule has 0 heterocycles. The minimum absolute atomic E-state index is 0.318. The second-order valence-electron chi connectivity index (χ2n) is 4.15. The molecule has 2 rings (SSSR count). The van der Waals surface area contributed by atoms with Gasteiger partial charge in [-0.1, -0.05) is 30.3 Å². The smallest absolute Gasteiger partial charge is 0.236 e. The molecule has 1 aliphatic rings. The summed E-state index contributed by atoms with van der Waals surface area (Å²) in [6.45, 7) is 0. The minimum atomic E-state index is -0.947. The number of halogens is 1. The van der Waals surface area contributed by atoms with Gasteiger partial charge in [0, 0.05) is 0 Å². The van der Waals surface area contributed by atoms with E-state index in [2.05, 4.69) is 4.99 Å². The standard InChI is InChI=1S/C14H14ClNO2/c1-18-13-9-5-8-12(15)14(13,16-10-17)11-6-3-2-4-7-11/h2-4,6-7,9,12H,5,8H2,1H3. The normalized spacial score (nSPS) is 27.0. The van der Waals surface area contributed by atoms with Crippen LogP contribution in [0.5, 0.6) is 0 Å². The fourth-order valence-corrected chi connectivity index (χ4v) is 2.80. The third-order valence-electron chi connectivity index (χ3n) is 3.23. The zero-order valence-electron chi connectivity index (χ0n) is 10.1. The lowest BCUT2D eigenvalue weighted by Crippen LogP contribution is -2.39. The average Bonchev–Trinajstić information content (AvgIpc) is 2.42. The van der Waals surface area contributed by atoms with Crippen molar-refractivity contribution in [3.63, 3.8) is 0 Å². The first-order valence-corrected chi connectivity index (χ1v) is 6.22. The Balaban J connectivity index is 2.65. The van der Waals surface area contributed by atoms with Crippen LogP contribution in [0.2, 0.25) is 0 Å². The van der Waals surface area contributed by atoms with Crippen molar-refractivity contribution in [3.05, 3.63) is 47.7 Å². The van der Waals surface area contributed by atoms with Crippen LogP contribution in [0, 0.1) is 0 Å². The van der Waals surface area contributed by atoms with Crippen molar-refractivity contribution >= 4 is 17.7 Å². The van der Waals surface area contributed by atoms with Crippen LogP contribution in [0.3, 0.4) is 0 Å². The number of nitrogens with zero attached hydrogens (tertiary/aromatic N) is 1. The second kappa shape index (κ2) is 5.38. The molecule has 1 aliphatic carbocycles. The van der Waals surface area contributed by atoms with Gasteiger partial charge >= 0.3 is 0 Å². The minimum Gasteiger partial charge on any atom is -0.498 e. The molecule has 2 atom stereocenters. The van der Waals surface area contributed by atoms with Crippen molar-refractivity contribution in [2.24, 2.45) is 4.99 Å². The lowest BCUT2D eigenvalue weighted by molar-refractivity contribution is 0.204. The number of hydrogen-bond donors (Lipinski definition) is 0. The number of hydrogen-bond acceptors (Lipinski definition) is 3. The van der Waals surface area contributed by atoms with Gasteiger partial charge in [-0.2, -0.15) is 4.99 Å². The van der Waals surface area contributed by atoms with Crippen molar-refractivity contribution in [3.8, 4) is 0 Å². The Morgan fingerprint density at radius 2 is 2.17 bits per heavy atom. The molecule has 94 valence electrons. The SMILES string of the molecule is COC1=CCCC(Cl)C1(N=C=O)c1ccccc1. The van der Waals surface area contributed by atoms with Crippen LogP contribution in [0.1, 0.15) is 18.4 Å². The largest absolute Gasteiger partial charge is 0.498 e. The molecule has 0 amide bonds. The summed E-state index contributed by atoms with van der Waals surface area (Å²) < 4.78 is 5.39. The maximum absolute atomic E-state index is 10.8. The van der Waals surface area contributed by atoms with Gasteiger partial charge in [0.05, 0.1) is 12.5 Å². The first-order chi connectivity index (χ1) is 8.75. The molecule has 2 unspecified atom stereocenters. The first kappa shape index (κ1) is 12.9. The number of methoxy groups -OCH3 is 1. The molecule has 0 N–H and O–H groups in total. The number of alkyl halides is 1. The second-order valence-corrected chi connectivity index (χ2v) is 4.68. The molecule has 0 bridgehead atoms. The van der Waals surface area contributed by atoms with E-state index in [-0.39, 0.29) is 5.38 Å². The van der Waals surface area contributed by atoms with Crippen LogP contribution in [0.15, 0.2) is 47.2 Å². The average molecular weight is 264 g/mol. The molecule has 0 saturated carbocycles. The van der Waals surface area contributed by atoms with E-state index in [1.54, 1.807) is 13.2 Å². The van der Waals surface area contributed by atoms with Gasteiger partial charge in [-0.05, 0) is 24.5 Å². The highest BCUT2D eigenvalue weighted by atomic mass is 35.5. The molecule has 1 aromatic rings. The van der Waals surface area contributed by atoms with Gasteiger partial charge in [0.2, 0.25) is 6.08 Å². The topological polar surface area (TPSA) is 38.7 Å². The molecular weight excluding hydrogens is 250 g/mol. The van der Waals surface area contributed by atoms with Crippen LogP contribution < -0.4 is 0 Å². The third-order valence-corrected chi connectivity index (χ3v) is 3.77. The van der Waals surface area contributed by atoms with Crippen molar-refractivity contribution in [1.29, 1.82) is 0 Å². The predicted molar refractivity (Wildman–Crippen MR) is 70.2 cm³/mol. The summed E-state index contributed by atoms with van der Waals surface area (Å²) >= 11 is 6.43. The number of rotatable bonds is 3. The van der Waals surface area contributed by atoms with Crippen LogP contribution in [0.25, 0.3) is 0 Å². The number of aliphatic imine (C=N–C) groups is 1. The monoisotopic (exact) mass is 263 g/mol. The molecule has 0 radical (unpaired) electrons. The predicted octanol–water partition coefficient (Wildman–Crippen LogP) is 3.15. The number of allylic oxidation sites excluding steroid dienone is 1. The summed E-state index contributed by atoms with van der Waals surface area (Å²) in [7, 11) is 1.57. The molecular formula is C14H14ClNO2. The summed E-state index contributed by atoms with van der Waals surface area (Å²) in [5, 5.41) is -0.318. The van der Waals surface area contributed by atoms with Crippen LogP contribution in [-0.4, -0.2) is 18.6 Å². The number of carbonyl (C=O) groups excluding carboxylic acids is 1. The molecule has 4 heteroatoms. The fourth-order valence-electron chi connectivity index (χ4n) is 2.40. The molecule has 0 aliphatic heterocycles. The molecule has 18 heavy (non-hydrogen) atoms. The summed E-state index contributed by atoms with van der Waals surface area (Å²) in [5.74, 6) is 0.614. The van der Waals surface area contributed by atoms with E-state index in [0.717, 1.165) is 18.4 Å². The highest BCUT2D eigenvalue weighted by Crippen LogP contribution is 2.44. The summed E-state index contributed by atoms with van der Waals surface area (Å²) in [5.41, 5.74) is -0.0986. The number of ether oxygens (including phenoxy) is 1. The van der Waals surface area contributed by atoms with Gasteiger partial charge in [-0.3, -0.25) is 0 Å². The highest BCUT2D eigenvalue weighted by molar-refractivity contribution is 6.22. The van der Waals surface area contributed by atoms with Gasteiger partial charge in [0.25, 0.3) is 0 Å². The van der Waals surface area contributed by atoms with Gasteiger partial charge in [-0.15, -0.1) is 11.6 Å². The van der Waals surface area contributed by atoms with E-state index in [0.29, 0.717) is 5.76 Å². The molecule has 0 saturated heterocycles. The summed E-state index contributed by atoms with van der Waals surface area (Å²) in [6, 6.07) is 9.48. The van der Waals surface area contributed by atoms with Gasteiger partial charge in [0.15, 0.2) is 5.54 Å². The zero-order chi connectivity index (χ0) is 13.0. The van der Waals surface area contributed by atoms with Gasteiger partial charge in [-0.25, -0.2) is 4.79 Å². The van der Waals surface area contributed by atoms with E-state index in [1.165, 1.54) is 0 Å². The van der Waals surface area contributed by atoms with Crippen molar-refractivity contribution in [1.82, 2.24) is 0 Å². The van der Waals surface area contributed by atoms with E-state index in [4.69, 9.17) is 16.3 Å². The Kier molecular flexibility index (Phi) is 3.85. The van der Waals surface area contributed by atoms with Gasteiger partial charge < -0.3 is 4.74 Å². The molecule has 0 fully saturated rings. The molecule has 3 nitrogen and oxygen atoms in total. The molecule has 0 aromatic heterocycles. The Bertz CT molecular complexity index is 494. The van der Waals surface area contributed by atoms with Crippen molar-refractivity contribution in [2.75, 3.05) is 7.11 Å².